The highest BCUT2D eigenvalue weighted by Crippen LogP contribution is 2.24. The number of rotatable bonds is 9. The molecule has 0 aliphatic rings. The highest BCUT2D eigenvalue weighted by Gasteiger charge is 2.19. The Bertz CT molecular complexity index is 962. The lowest BCUT2D eigenvalue weighted by Gasteiger charge is -2.22. The predicted molar refractivity (Wildman–Crippen MR) is 112 cm³/mol. The van der Waals surface area contributed by atoms with Crippen molar-refractivity contribution < 1.29 is 9.59 Å². The van der Waals surface area contributed by atoms with E-state index in [0.29, 0.717) is 11.7 Å². The van der Waals surface area contributed by atoms with Crippen LogP contribution in [0.5, 0.6) is 0 Å². The Hall–Kier alpha value is -3.20. The standard InChI is InChI=1S/C20H22N6O2S/c1-2-25-19(15-8-11-22-12-9-15)23-24-20(25)29-14-18(28)26(13-10-17(21)27)16-6-4-3-5-7-16/h3-9,11-12H,2,10,13-14H2,1H3,(H2,21,27). The maximum atomic E-state index is 12.9. The fourth-order valence-corrected chi connectivity index (χ4v) is 3.71. The monoisotopic (exact) mass is 410 g/mol. The van der Waals surface area contributed by atoms with Gasteiger partial charge in [-0.25, -0.2) is 0 Å². The molecule has 8 nitrogen and oxygen atoms in total. The number of aromatic nitrogens is 4. The first-order valence-corrected chi connectivity index (χ1v) is 10.2. The van der Waals surface area contributed by atoms with Crippen LogP contribution in [0, 0.1) is 0 Å². The minimum Gasteiger partial charge on any atom is -0.370 e. The molecule has 3 rings (SSSR count). The van der Waals surface area contributed by atoms with Crippen molar-refractivity contribution in [3.05, 3.63) is 54.9 Å². The van der Waals surface area contributed by atoms with Crippen molar-refractivity contribution in [2.75, 3.05) is 17.2 Å². The number of primary amides is 1. The van der Waals surface area contributed by atoms with Gasteiger partial charge in [0, 0.05) is 43.2 Å². The van der Waals surface area contributed by atoms with Gasteiger partial charge in [-0.15, -0.1) is 10.2 Å². The molecule has 3 aromatic rings. The van der Waals surface area contributed by atoms with Crippen molar-refractivity contribution in [1.29, 1.82) is 0 Å². The van der Waals surface area contributed by atoms with E-state index in [9.17, 15) is 9.59 Å². The second-order valence-corrected chi connectivity index (χ2v) is 7.11. The van der Waals surface area contributed by atoms with E-state index in [1.807, 2.05) is 54.0 Å². The van der Waals surface area contributed by atoms with Gasteiger partial charge in [0.2, 0.25) is 11.8 Å². The molecule has 0 atom stereocenters. The molecule has 2 heterocycles. The summed E-state index contributed by atoms with van der Waals surface area (Å²) in [5.74, 6) is 0.332. The van der Waals surface area contributed by atoms with Crippen molar-refractivity contribution in [3.8, 4) is 11.4 Å². The molecule has 150 valence electrons. The highest BCUT2D eigenvalue weighted by molar-refractivity contribution is 7.99. The third-order valence-electron chi connectivity index (χ3n) is 4.25. The summed E-state index contributed by atoms with van der Waals surface area (Å²) in [6.07, 6.45) is 3.51. The van der Waals surface area contributed by atoms with Crippen LogP contribution in [0.4, 0.5) is 5.69 Å². The van der Waals surface area contributed by atoms with Crippen molar-refractivity contribution in [3.63, 3.8) is 0 Å². The molecule has 29 heavy (non-hydrogen) atoms. The van der Waals surface area contributed by atoms with Crippen molar-refractivity contribution in [2.45, 2.75) is 25.0 Å². The molecule has 0 spiro atoms. The molecule has 0 bridgehead atoms. The molecule has 1 aromatic carbocycles. The van der Waals surface area contributed by atoms with Gasteiger partial charge in [-0.3, -0.25) is 14.6 Å². The highest BCUT2D eigenvalue weighted by atomic mass is 32.2. The van der Waals surface area contributed by atoms with E-state index >= 15 is 0 Å². The Morgan fingerprint density at radius 3 is 2.48 bits per heavy atom. The third-order valence-corrected chi connectivity index (χ3v) is 5.20. The van der Waals surface area contributed by atoms with Crippen LogP contribution in [0.3, 0.4) is 0 Å². The molecule has 0 saturated carbocycles. The average Bonchev–Trinajstić information content (AvgIpc) is 3.16. The van der Waals surface area contributed by atoms with Crippen LogP contribution >= 0.6 is 11.8 Å². The number of benzene rings is 1. The van der Waals surface area contributed by atoms with E-state index in [0.717, 1.165) is 17.1 Å². The summed E-state index contributed by atoms with van der Waals surface area (Å²) in [7, 11) is 0. The number of thioether (sulfide) groups is 1. The Morgan fingerprint density at radius 1 is 1.10 bits per heavy atom. The zero-order chi connectivity index (χ0) is 20.6. The lowest BCUT2D eigenvalue weighted by molar-refractivity contribution is -0.118. The van der Waals surface area contributed by atoms with Crippen LogP contribution in [-0.2, 0) is 16.1 Å². The Kier molecular flexibility index (Phi) is 6.96. The van der Waals surface area contributed by atoms with Gasteiger partial charge in [-0.05, 0) is 31.2 Å². The molecule has 9 heteroatoms. The van der Waals surface area contributed by atoms with Crippen LogP contribution in [0.15, 0.2) is 60.0 Å². The Labute approximate surface area is 173 Å². The van der Waals surface area contributed by atoms with E-state index in [1.165, 1.54) is 11.8 Å². The van der Waals surface area contributed by atoms with Gasteiger partial charge in [0.1, 0.15) is 0 Å². The number of amides is 2. The molecule has 0 saturated heterocycles. The minimum absolute atomic E-state index is 0.0998. The first-order valence-electron chi connectivity index (χ1n) is 9.20. The zero-order valence-corrected chi connectivity index (χ0v) is 16.9. The SMILES string of the molecule is CCn1c(SCC(=O)N(CCC(N)=O)c2ccccc2)nnc1-c1ccncc1. The number of carbonyl (C=O) groups is 2. The van der Waals surface area contributed by atoms with Crippen LogP contribution in [0.2, 0.25) is 0 Å². The predicted octanol–water partition coefficient (Wildman–Crippen LogP) is 2.36. The molecule has 2 aromatic heterocycles. The fourth-order valence-electron chi connectivity index (χ4n) is 2.83. The molecular formula is C20H22N6O2S. The largest absolute Gasteiger partial charge is 0.370 e. The smallest absolute Gasteiger partial charge is 0.237 e. The number of para-hydroxylation sites is 1. The summed E-state index contributed by atoms with van der Waals surface area (Å²) in [5.41, 5.74) is 6.92. The lowest BCUT2D eigenvalue weighted by atomic mass is 10.2. The average molecular weight is 411 g/mol. The topological polar surface area (TPSA) is 107 Å². The number of hydrogen-bond donors (Lipinski definition) is 1. The van der Waals surface area contributed by atoms with Crippen LogP contribution in [0.1, 0.15) is 13.3 Å². The van der Waals surface area contributed by atoms with E-state index < -0.39 is 5.91 Å². The van der Waals surface area contributed by atoms with Gasteiger partial charge >= 0.3 is 0 Å². The molecular weight excluding hydrogens is 388 g/mol. The van der Waals surface area contributed by atoms with Gasteiger partial charge in [0.05, 0.1) is 5.75 Å². The van der Waals surface area contributed by atoms with Crippen molar-refractivity contribution in [1.82, 2.24) is 19.7 Å². The molecule has 2 amide bonds. The number of pyridine rings is 1. The summed E-state index contributed by atoms with van der Waals surface area (Å²) >= 11 is 1.32. The van der Waals surface area contributed by atoms with E-state index in [2.05, 4.69) is 15.2 Å². The number of nitrogens with zero attached hydrogens (tertiary/aromatic N) is 5. The maximum Gasteiger partial charge on any atom is 0.237 e. The second kappa shape index (κ2) is 9.83. The van der Waals surface area contributed by atoms with Gasteiger partial charge in [0.25, 0.3) is 0 Å². The summed E-state index contributed by atoms with van der Waals surface area (Å²) in [6, 6.07) is 13.0. The second-order valence-electron chi connectivity index (χ2n) is 6.17. The third kappa shape index (κ3) is 5.20. The first kappa shape index (κ1) is 20.5. The maximum absolute atomic E-state index is 12.9. The van der Waals surface area contributed by atoms with Crippen molar-refractivity contribution >= 4 is 29.3 Å². The quantitative estimate of drug-likeness (QED) is 0.543. The number of nitrogens with two attached hydrogens (primary N) is 1. The van der Waals surface area contributed by atoms with E-state index in [1.54, 1.807) is 17.3 Å². The Morgan fingerprint density at radius 2 is 1.83 bits per heavy atom. The summed E-state index contributed by atoms with van der Waals surface area (Å²) < 4.78 is 1.96. The van der Waals surface area contributed by atoms with Crippen LogP contribution in [0.25, 0.3) is 11.4 Å². The first-order chi connectivity index (χ1) is 14.1. The molecule has 0 unspecified atom stereocenters. The fraction of sp³-hybridized carbons (Fsp3) is 0.250. The van der Waals surface area contributed by atoms with E-state index in [4.69, 9.17) is 5.73 Å². The number of anilines is 1. The van der Waals surface area contributed by atoms with Crippen LogP contribution in [-0.4, -0.2) is 43.9 Å². The molecule has 0 aliphatic heterocycles. The normalized spacial score (nSPS) is 10.7. The number of hydrogen-bond acceptors (Lipinski definition) is 6. The lowest BCUT2D eigenvalue weighted by Crippen LogP contribution is -2.35. The minimum atomic E-state index is -0.445. The van der Waals surface area contributed by atoms with Gasteiger partial charge in [-0.1, -0.05) is 30.0 Å². The molecule has 0 radical (unpaired) electrons. The van der Waals surface area contributed by atoms with Gasteiger partial charge in [0.15, 0.2) is 11.0 Å². The van der Waals surface area contributed by atoms with Crippen LogP contribution < -0.4 is 10.6 Å². The molecule has 0 aliphatic carbocycles. The van der Waals surface area contributed by atoms with Gasteiger partial charge in [-0.2, -0.15) is 0 Å². The summed E-state index contributed by atoms with van der Waals surface area (Å²) in [4.78, 5) is 29.7. The molecule has 2 N–H and O–H groups in total. The Balaban J connectivity index is 1.74. The van der Waals surface area contributed by atoms with Gasteiger partial charge < -0.3 is 15.2 Å². The summed E-state index contributed by atoms with van der Waals surface area (Å²) in [5, 5.41) is 9.19. The number of carbonyl (C=O) groups excluding carboxylic acids is 2. The van der Waals surface area contributed by atoms with Crippen molar-refractivity contribution in [2.24, 2.45) is 5.73 Å². The van der Waals surface area contributed by atoms with E-state index in [-0.39, 0.29) is 24.6 Å². The molecule has 0 fully saturated rings. The summed E-state index contributed by atoms with van der Waals surface area (Å²) in [6.45, 7) is 2.91. The zero-order valence-electron chi connectivity index (χ0n) is 16.1.